The van der Waals surface area contributed by atoms with Gasteiger partial charge in [-0.1, -0.05) is 65.5 Å². The Bertz CT molecular complexity index is 841. The van der Waals surface area contributed by atoms with E-state index in [1.165, 1.54) is 16.7 Å². The Hall–Kier alpha value is -1.86. The van der Waals surface area contributed by atoms with Crippen molar-refractivity contribution >= 4 is 46.3 Å². The van der Waals surface area contributed by atoms with Gasteiger partial charge in [0.05, 0.1) is 4.91 Å². The molecule has 7 heteroatoms. The van der Waals surface area contributed by atoms with Gasteiger partial charge < -0.3 is 10.2 Å². The molecule has 2 N–H and O–H groups in total. The largest absolute Gasteiger partial charge is 0.507 e. The molecule has 0 aromatic heterocycles. The van der Waals surface area contributed by atoms with Crippen molar-refractivity contribution in [3.8, 4) is 5.75 Å². The van der Waals surface area contributed by atoms with E-state index in [0.29, 0.717) is 27.9 Å². The summed E-state index contributed by atoms with van der Waals surface area (Å²) < 4.78 is 0.442. The van der Waals surface area contributed by atoms with Gasteiger partial charge in [0.1, 0.15) is 10.1 Å². The Morgan fingerprint density at radius 2 is 1.66 bits per heavy atom. The minimum atomic E-state index is -0.889. The number of aliphatic carboxylic acids is 1. The summed E-state index contributed by atoms with van der Waals surface area (Å²) in [7, 11) is 0. The van der Waals surface area contributed by atoms with Gasteiger partial charge in [0, 0.05) is 24.1 Å². The van der Waals surface area contributed by atoms with Crippen LogP contribution < -0.4 is 0 Å². The van der Waals surface area contributed by atoms with Crippen molar-refractivity contribution in [1.29, 1.82) is 0 Å². The first kappa shape index (κ1) is 23.4. The minimum absolute atomic E-state index is 0.00203. The lowest BCUT2D eigenvalue weighted by molar-refractivity contribution is -0.137. The summed E-state index contributed by atoms with van der Waals surface area (Å²) in [4.78, 5) is 25.5. The SMILES string of the molecule is CC(C)(C)c1cc(/C=C2\SC(=S)N(CCCC(=O)O)C2=O)cc(C(C)(C)C)c1O. The first-order valence-corrected chi connectivity index (χ1v) is 10.8. The summed E-state index contributed by atoms with van der Waals surface area (Å²) in [6, 6.07) is 3.84. The minimum Gasteiger partial charge on any atom is -0.507 e. The topological polar surface area (TPSA) is 77.8 Å². The molecule has 0 atom stereocenters. The number of phenols is 1. The molecule has 0 bridgehead atoms. The quantitative estimate of drug-likeness (QED) is 0.498. The molecule has 5 nitrogen and oxygen atoms in total. The molecular weight excluding hydrogens is 406 g/mol. The fourth-order valence-electron chi connectivity index (χ4n) is 3.12. The van der Waals surface area contributed by atoms with Gasteiger partial charge in [0.2, 0.25) is 0 Å². The number of hydrogen-bond donors (Lipinski definition) is 2. The first-order valence-electron chi connectivity index (χ1n) is 9.57. The lowest BCUT2D eigenvalue weighted by Crippen LogP contribution is -2.29. The van der Waals surface area contributed by atoms with Crippen molar-refractivity contribution in [3.05, 3.63) is 33.7 Å². The Morgan fingerprint density at radius 1 is 1.14 bits per heavy atom. The van der Waals surface area contributed by atoms with Crippen LogP contribution in [-0.2, 0) is 20.4 Å². The van der Waals surface area contributed by atoms with Gasteiger partial charge in [-0.2, -0.15) is 0 Å². The van der Waals surface area contributed by atoms with Crippen LogP contribution in [0.2, 0.25) is 0 Å². The summed E-state index contributed by atoms with van der Waals surface area (Å²) >= 11 is 6.55. The lowest BCUT2D eigenvalue weighted by atomic mass is 9.78. The zero-order valence-corrected chi connectivity index (χ0v) is 19.5. The number of carbonyl (C=O) groups is 2. The van der Waals surface area contributed by atoms with Crippen LogP contribution in [0.3, 0.4) is 0 Å². The summed E-state index contributed by atoms with van der Waals surface area (Å²) in [5.74, 6) is -0.795. The molecule has 1 fully saturated rings. The highest BCUT2D eigenvalue weighted by molar-refractivity contribution is 8.26. The molecule has 158 valence electrons. The third-order valence-electron chi connectivity index (χ3n) is 4.69. The summed E-state index contributed by atoms with van der Waals surface area (Å²) in [6.07, 6.45) is 2.16. The van der Waals surface area contributed by atoms with Crippen LogP contribution >= 0.6 is 24.0 Å². The number of carboxylic acid groups (broad SMARTS) is 1. The monoisotopic (exact) mass is 435 g/mol. The molecule has 0 radical (unpaired) electrons. The zero-order chi connectivity index (χ0) is 22.1. The van der Waals surface area contributed by atoms with E-state index in [-0.39, 0.29) is 23.2 Å². The highest BCUT2D eigenvalue weighted by Gasteiger charge is 2.32. The van der Waals surface area contributed by atoms with E-state index in [9.17, 15) is 14.7 Å². The number of aromatic hydroxyl groups is 1. The third kappa shape index (κ3) is 5.60. The highest BCUT2D eigenvalue weighted by Crippen LogP contribution is 2.41. The molecule has 0 saturated carbocycles. The van der Waals surface area contributed by atoms with E-state index >= 15 is 0 Å². The van der Waals surface area contributed by atoms with Gasteiger partial charge in [-0.05, 0) is 41.0 Å². The van der Waals surface area contributed by atoms with E-state index < -0.39 is 5.97 Å². The Morgan fingerprint density at radius 3 is 2.10 bits per heavy atom. The predicted octanol–water partition coefficient (Wildman–Crippen LogP) is 5.05. The van der Waals surface area contributed by atoms with Crippen LogP contribution in [0.1, 0.15) is 71.1 Å². The van der Waals surface area contributed by atoms with Crippen molar-refractivity contribution in [2.24, 2.45) is 0 Å². The average Bonchev–Trinajstić information content (AvgIpc) is 2.81. The Labute approximate surface area is 182 Å². The number of thioether (sulfide) groups is 1. The van der Waals surface area contributed by atoms with Crippen LogP contribution in [0.15, 0.2) is 17.0 Å². The van der Waals surface area contributed by atoms with E-state index in [1.54, 1.807) is 6.08 Å². The van der Waals surface area contributed by atoms with Gasteiger partial charge in [0.15, 0.2) is 0 Å². The second-order valence-corrected chi connectivity index (χ2v) is 11.0. The van der Waals surface area contributed by atoms with Crippen LogP contribution in [0.5, 0.6) is 5.75 Å². The lowest BCUT2D eigenvalue weighted by Gasteiger charge is -2.28. The van der Waals surface area contributed by atoms with E-state index in [1.807, 2.05) is 53.7 Å². The maximum atomic E-state index is 12.8. The summed E-state index contributed by atoms with van der Waals surface area (Å²) in [5.41, 5.74) is 1.97. The molecule has 1 saturated heterocycles. The number of amides is 1. The molecule has 1 aromatic rings. The number of carboxylic acids is 1. The molecule has 0 aliphatic carbocycles. The Kier molecular flexibility index (Phi) is 6.85. The predicted molar refractivity (Wildman–Crippen MR) is 122 cm³/mol. The molecule has 2 rings (SSSR count). The first-order chi connectivity index (χ1) is 13.2. The second-order valence-electron chi connectivity index (χ2n) is 9.30. The van der Waals surface area contributed by atoms with Crippen LogP contribution in [0.25, 0.3) is 6.08 Å². The van der Waals surface area contributed by atoms with Crippen molar-refractivity contribution in [2.45, 2.75) is 65.2 Å². The maximum absolute atomic E-state index is 12.8. The molecular formula is C22H29NO4S2. The van der Waals surface area contributed by atoms with Crippen molar-refractivity contribution < 1.29 is 19.8 Å². The number of benzene rings is 1. The number of carbonyl (C=O) groups excluding carboxylic acids is 1. The number of thiocarbonyl (C=S) groups is 1. The normalized spacial score (nSPS) is 16.8. The number of hydrogen-bond acceptors (Lipinski definition) is 5. The van der Waals surface area contributed by atoms with Crippen LogP contribution in [0, 0.1) is 0 Å². The standard InChI is InChI=1S/C22H29NO4S2/c1-21(2,3)14-10-13(11-15(18(14)26)22(4,5)6)12-16-19(27)23(20(28)29-16)9-7-8-17(24)25/h10-12,26H,7-9H2,1-6H3,(H,24,25)/b16-12-. The van der Waals surface area contributed by atoms with E-state index in [4.69, 9.17) is 17.3 Å². The van der Waals surface area contributed by atoms with Crippen molar-refractivity contribution in [3.63, 3.8) is 0 Å². The fourth-order valence-corrected chi connectivity index (χ4v) is 4.42. The molecule has 29 heavy (non-hydrogen) atoms. The summed E-state index contributed by atoms with van der Waals surface area (Å²) in [5, 5.41) is 19.7. The Balaban J connectivity index is 2.42. The van der Waals surface area contributed by atoms with E-state index in [2.05, 4.69) is 0 Å². The van der Waals surface area contributed by atoms with Crippen molar-refractivity contribution in [2.75, 3.05) is 6.54 Å². The van der Waals surface area contributed by atoms with Crippen LogP contribution in [-0.4, -0.2) is 37.9 Å². The molecule has 1 amide bonds. The summed E-state index contributed by atoms with van der Waals surface area (Å²) in [6.45, 7) is 12.5. The smallest absolute Gasteiger partial charge is 0.303 e. The zero-order valence-electron chi connectivity index (χ0n) is 17.8. The maximum Gasteiger partial charge on any atom is 0.303 e. The molecule has 0 spiro atoms. The van der Waals surface area contributed by atoms with Gasteiger partial charge in [-0.3, -0.25) is 14.5 Å². The van der Waals surface area contributed by atoms with E-state index in [0.717, 1.165) is 16.7 Å². The van der Waals surface area contributed by atoms with Crippen molar-refractivity contribution in [1.82, 2.24) is 4.90 Å². The number of rotatable bonds is 5. The number of phenolic OH excluding ortho intramolecular Hbond substituents is 1. The second kappa shape index (κ2) is 8.48. The fraction of sp³-hybridized carbons (Fsp3) is 0.500. The average molecular weight is 436 g/mol. The molecule has 1 aliphatic rings. The van der Waals surface area contributed by atoms with Gasteiger partial charge in [0.25, 0.3) is 5.91 Å². The molecule has 1 aliphatic heterocycles. The van der Waals surface area contributed by atoms with Crippen LogP contribution in [0.4, 0.5) is 0 Å². The third-order valence-corrected chi connectivity index (χ3v) is 6.07. The van der Waals surface area contributed by atoms with Gasteiger partial charge in [-0.15, -0.1) is 0 Å². The highest BCUT2D eigenvalue weighted by atomic mass is 32.2. The number of nitrogens with zero attached hydrogens (tertiary/aromatic N) is 1. The molecule has 1 aromatic carbocycles. The van der Waals surface area contributed by atoms with Gasteiger partial charge in [-0.25, -0.2) is 0 Å². The molecule has 1 heterocycles. The molecule has 0 unspecified atom stereocenters. The van der Waals surface area contributed by atoms with Gasteiger partial charge >= 0.3 is 5.97 Å².